The summed E-state index contributed by atoms with van der Waals surface area (Å²) in [5, 5.41) is 3.01. The topological polar surface area (TPSA) is 55.1 Å². The highest BCUT2D eigenvalue weighted by molar-refractivity contribution is 5.83. The summed E-state index contributed by atoms with van der Waals surface area (Å²) < 4.78 is 0. The summed E-state index contributed by atoms with van der Waals surface area (Å²) in [6.45, 7) is 2.39. The Hall–Kier alpha value is -1.01. The maximum absolute atomic E-state index is 12.3. The summed E-state index contributed by atoms with van der Waals surface area (Å²) in [7, 11) is 0. The minimum absolute atomic E-state index is 0.0409. The summed E-state index contributed by atoms with van der Waals surface area (Å²) in [5.41, 5.74) is 5.51. The van der Waals surface area contributed by atoms with Crippen molar-refractivity contribution in [3.63, 3.8) is 0 Å². The van der Waals surface area contributed by atoms with Crippen LogP contribution in [0.1, 0.15) is 51.9 Å². The van der Waals surface area contributed by atoms with Crippen LogP contribution in [0.25, 0.3) is 0 Å². The van der Waals surface area contributed by atoms with Gasteiger partial charge in [0.25, 0.3) is 0 Å². The van der Waals surface area contributed by atoms with Gasteiger partial charge in [0, 0.05) is 19.0 Å². The van der Waals surface area contributed by atoms with E-state index in [4.69, 9.17) is 12.2 Å². The molecule has 1 unspecified atom stereocenters. The Kier molecular flexibility index (Phi) is 5.50. The first-order valence-corrected chi connectivity index (χ1v) is 6.59. The van der Waals surface area contributed by atoms with Crippen molar-refractivity contribution in [1.29, 1.82) is 0 Å². The van der Waals surface area contributed by atoms with Crippen LogP contribution in [0.5, 0.6) is 0 Å². The maximum Gasteiger partial charge on any atom is 0.227 e. The number of terminal acetylenes is 1. The van der Waals surface area contributed by atoms with Crippen molar-refractivity contribution < 1.29 is 4.79 Å². The van der Waals surface area contributed by atoms with Gasteiger partial charge in [-0.05, 0) is 19.8 Å². The first-order chi connectivity index (χ1) is 8.14. The van der Waals surface area contributed by atoms with Gasteiger partial charge in [0.05, 0.1) is 5.41 Å². The van der Waals surface area contributed by atoms with E-state index in [1.807, 2.05) is 6.92 Å². The van der Waals surface area contributed by atoms with Crippen LogP contribution in [0.2, 0.25) is 0 Å². The Morgan fingerprint density at radius 3 is 2.47 bits per heavy atom. The van der Waals surface area contributed by atoms with E-state index in [0.717, 1.165) is 25.7 Å². The van der Waals surface area contributed by atoms with E-state index >= 15 is 0 Å². The molecule has 0 aromatic carbocycles. The second-order valence-corrected chi connectivity index (χ2v) is 5.18. The molecular formula is C14H24N2O. The van der Waals surface area contributed by atoms with Crippen LogP contribution in [0, 0.1) is 17.8 Å². The van der Waals surface area contributed by atoms with E-state index in [1.165, 1.54) is 12.8 Å². The zero-order chi connectivity index (χ0) is 12.7. The minimum Gasteiger partial charge on any atom is -0.352 e. The van der Waals surface area contributed by atoms with Crippen molar-refractivity contribution >= 4 is 5.91 Å². The lowest BCUT2D eigenvalue weighted by Crippen LogP contribution is -2.48. The van der Waals surface area contributed by atoms with Crippen LogP contribution in [-0.2, 0) is 4.79 Å². The molecule has 1 atom stereocenters. The predicted octanol–water partition coefficient (Wildman–Crippen LogP) is 1.81. The van der Waals surface area contributed by atoms with Gasteiger partial charge in [-0.3, -0.25) is 4.79 Å². The number of amides is 1. The van der Waals surface area contributed by atoms with E-state index < -0.39 is 0 Å². The van der Waals surface area contributed by atoms with Gasteiger partial charge in [0.2, 0.25) is 5.91 Å². The zero-order valence-electron chi connectivity index (χ0n) is 10.8. The summed E-state index contributed by atoms with van der Waals surface area (Å²) in [6.07, 6.45) is 12.3. The Morgan fingerprint density at radius 1 is 1.41 bits per heavy atom. The van der Waals surface area contributed by atoms with Crippen molar-refractivity contribution in [3.05, 3.63) is 0 Å². The SMILES string of the molecule is C#CCC(C)NC(=O)C1(CN)CCCCCC1. The summed E-state index contributed by atoms with van der Waals surface area (Å²) in [6, 6.07) is 0.0409. The molecule has 0 radical (unpaired) electrons. The number of carbonyl (C=O) groups excluding carboxylic acids is 1. The van der Waals surface area contributed by atoms with Gasteiger partial charge in [0.1, 0.15) is 0 Å². The van der Waals surface area contributed by atoms with E-state index in [2.05, 4.69) is 11.2 Å². The zero-order valence-corrected chi connectivity index (χ0v) is 10.8. The van der Waals surface area contributed by atoms with Gasteiger partial charge in [-0.1, -0.05) is 25.7 Å². The Balaban J connectivity index is 2.64. The standard InChI is InChI=1S/C14H24N2O/c1-3-8-12(2)16-13(17)14(11-15)9-6-4-5-7-10-14/h1,12H,4-11,15H2,2H3,(H,16,17). The second-order valence-electron chi connectivity index (χ2n) is 5.18. The summed E-state index contributed by atoms with van der Waals surface area (Å²) >= 11 is 0. The first-order valence-electron chi connectivity index (χ1n) is 6.59. The van der Waals surface area contributed by atoms with Crippen molar-refractivity contribution in [2.45, 2.75) is 57.9 Å². The molecule has 0 spiro atoms. The molecule has 0 aromatic rings. The molecule has 3 heteroatoms. The van der Waals surface area contributed by atoms with Crippen molar-refractivity contribution in [2.75, 3.05) is 6.54 Å². The van der Waals surface area contributed by atoms with Crippen LogP contribution in [0.4, 0.5) is 0 Å². The molecule has 3 nitrogen and oxygen atoms in total. The molecule has 1 fully saturated rings. The monoisotopic (exact) mass is 236 g/mol. The van der Waals surface area contributed by atoms with Crippen LogP contribution < -0.4 is 11.1 Å². The van der Waals surface area contributed by atoms with Gasteiger partial charge < -0.3 is 11.1 Å². The molecule has 0 heterocycles. The number of hydrogen-bond donors (Lipinski definition) is 2. The lowest BCUT2D eigenvalue weighted by Gasteiger charge is -2.31. The third-order valence-electron chi connectivity index (χ3n) is 3.73. The van der Waals surface area contributed by atoms with E-state index in [0.29, 0.717) is 13.0 Å². The summed E-state index contributed by atoms with van der Waals surface area (Å²) in [5.74, 6) is 2.67. The summed E-state index contributed by atoms with van der Waals surface area (Å²) in [4.78, 5) is 12.3. The molecule has 0 aliphatic heterocycles. The van der Waals surface area contributed by atoms with Crippen LogP contribution in [0.3, 0.4) is 0 Å². The lowest BCUT2D eigenvalue weighted by molar-refractivity contribution is -0.132. The third kappa shape index (κ3) is 3.74. The van der Waals surface area contributed by atoms with Gasteiger partial charge >= 0.3 is 0 Å². The van der Waals surface area contributed by atoms with Crippen molar-refractivity contribution in [1.82, 2.24) is 5.32 Å². The number of hydrogen-bond acceptors (Lipinski definition) is 2. The fraction of sp³-hybridized carbons (Fsp3) is 0.786. The highest BCUT2D eigenvalue weighted by Gasteiger charge is 2.37. The molecular weight excluding hydrogens is 212 g/mol. The Bertz CT molecular complexity index is 285. The largest absolute Gasteiger partial charge is 0.352 e. The lowest BCUT2D eigenvalue weighted by atomic mass is 9.79. The van der Waals surface area contributed by atoms with E-state index in [9.17, 15) is 4.79 Å². The number of carbonyl (C=O) groups is 1. The van der Waals surface area contributed by atoms with Crippen LogP contribution >= 0.6 is 0 Å². The highest BCUT2D eigenvalue weighted by Crippen LogP contribution is 2.34. The molecule has 1 aliphatic carbocycles. The van der Waals surface area contributed by atoms with Gasteiger partial charge in [-0.25, -0.2) is 0 Å². The average Bonchev–Trinajstić information content (AvgIpc) is 2.55. The average molecular weight is 236 g/mol. The molecule has 1 amide bonds. The molecule has 1 aliphatic rings. The molecule has 17 heavy (non-hydrogen) atoms. The first kappa shape index (κ1) is 14.1. The predicted molar refractivity (Wildman–Crippen MR) is 70.2 cm³/mol. The van der Waals surface area contributed by atoms with E-state index in [-0.39, 0.29) is 17.4 Å². The normalized spacial score (nSPS) is 21.0. The molecule has 1 rings (SSSR count). The molecule has 0 bridgehead atoms. The Morgan fingerprint density at radius 2 is 2.00 bits per heavy atom. The minimum atomic E-state index is -0.348. The molecule has 0 aromatic heterocycles. The van der Waals surface area contributed by atoms with Crippen LogP contribution in [0.15, 0.2) is 0 Å². The fourth-order valence-electron chi connectivity index (χ4n) is 2.53. The van der Waals surface area contributed by atoms with Gasteiger partial charge in [-0.15, -0.1) is 12.3 Å². The van der Waals surface area contributed by atoms with E-state index in [1.54, 1.807) is 0 Å². The number of rotatable bonds is 4. The smallest absolute Gasteiger partial charge is 0.227 e. The van der Waals surface area contributed by atoms with Crippen molar-refractivity contribution in [2.24, 2.45) is 11.1 Å². The fourth-order valence-corrected chi connectivity index (χ4v) is 2.53. The number of nitrogens with two attached hydrogens (primary N) is 1. The second kappa shape index (κ2) is 6.66. The van der Waals surface area contributed by atoms with Crippen LogP contribution in [-0.4, -0.2) is 18.5 Å². The molecule has 3 N–H and O–H groups in total. The number of nitrogens with one attached hydrogen (secondary N) is 1. The van der Waals surface area contributed by atoms with Gasteiger partial charge in [0.15, 0.2) is 0 Å². The van der Waals surface area contributed by atoms with Crippen molar-refractivity contribution in [3.8, 4) is 12.3 Å². The molecule has 1 saturated carbocycles. The molecule has 96 valence electrons. The van der Waals surface area contributed by atoms with Gasteiger partial charge in [-0.2, -0.15) is 0 Å². The maximum atomic E-state index is 12.3. The quantitative estimate of drug-likeness (QED) is 0.578. The Labute approximate surface area is 105 Å². The third-order valence-corrected chi connectivity index (χ3v) is 3.73. The highest BCUT2D eigenvalue weighted by atomic mass is 16.2. The molecule has 0 saturated heterocycles.